The molecule has 4 rings (SSSR count). The normalized spacial score (nSPS) is 13.5. The molecule has 0 atom stereocenters. The first-order valence-electron chi connectivity index (χ1n) is 11.5. The molecule has 39 heavy (non-hydrogen) atoms. The van der Waals surface area contributed by atoms with E-state index in [0.29, 0.717) is 22.8 Å². The highest BCUT2D eigenvalue weighted by Gasteiger charge is 2.25. The number of aliphatic imine (C=N–C) groups is 1. The van der Waals surface area contributed by atoms with Gasteiger partial charge in [-0.3, -0.25) is 4.79 Å². The van der Waals surface area contributed by atoms with Gasteiger partial charge < -0.3 is 23.7 Å². The minimum absolute atomic E-state index is 0.0353. The maximum atomic E-state index is 12.7. The molecule has 3 aromatic rings. The molecule has 0 amide bonds. The highest BCUT2D eigenvalue weighted by molar-refractivity contribution is 6.36. The second-order valence-electron chi connectivity index (χ2n) is 7.95. The average Bonchev–Trinajstić information content (AvgIpc) is 3.25. The lowest BCUT2D eigenvalue weighted by Crippen LogP contribution is -2.10. The topological polar surface area (TPSA) is 110 Å². The number of esters is 3. The first-order valence-corrected chi connectivity index (χ1v) is 12.3. The van der Waals surface area contributed by atoms with Crippen LogP contribution in [0.5, 0.6) is 23.0 Å². The second kappa shape index (κ2) is 12.0. The molecule has 0 saturated heterocycles. The zero-order valence-electron chi connectivity index (χ0n) is 20.9. The van der Waals surface area contributed by atoms with Gasteiger partial charge in [0.1, 0.15) is 0 Å². The fraction of sp³-hybridized carbons (Fsp3) is 0.143. The van der Waals surface area contributed by atoms with Gasteiger partial charge >= 0.3 is 17.9 Å². The molecule has 0 N–H and O–H groups in total. The van der Waals surface area contributed by atoms with Crippen LogP contribution in [-0.4, -0.2) is 37.5 Å². The molecular formula is C28H21Cl2NO8. The average molecular weight is 570 g/mol. The number of methoxy groups -OCH3 is 1. The van der Waals surface area contributed by atoms with Crippen LogP contribution in [-0.2, 0) is 14.3 Å². The van der Waals surface area contributed by atoms with Gasteiger partial charge in [-0.2, -0.15) is 0 Å². The zero-order chi connectivity index (χ0) is 28.1. The molecule has 0 radical (unpaired) electrons. The lowest BCUT2D eigenvalue weighted by atomic mass is 10.1. The minimum atomic E-state index is -0.688. The largest absolute Gasteiger partial charge is 0.493 e. The number of halogens is 2. The number of nitrogens with zero attached hydrogens (tertiary/aromatic N) is 1. The van der Waals surface area contributed by atoms with Crippen LogP contribution in [0.3, 0.4) is 0 Å². The van der Waals surface area contributed by atoms with E-state index < -0.39 is 17.9 Å². The molecule has 0 saturated carbocycles. The molecule has 0 aliphatic carbocycles. The highest BCUT2D eigenvalue weighted by atomic mass is 35.5. The third-order valence-corrected chi connectivity index (χ3v) is 5.76. The summed E-state index contributed by atoms with van der Waals surface area (Å²) in [6, 6.07) is 13.8. The smallest absolute Gasteiger partial charge is 0.363 e. The van der Waals surface area contributed by atoms with Gasteiger partial charge in [-0.05, 0) is 67.1 Å². The van der Waals surface area contributed by atoms with Crippen molar-refractivity contribution >= 4 is 53.1 Å². The minimum Gasteiger partial charge on any atom is -0.493 e. The quantitative estimate of drug-likeness (QED) is 0.187. The van der Waals surface area contributed by atoms with E-state index in [2.05, 4.69) is 4.99 Å². The number of hydrogen-bond acceptors (Lipinski definition) is 9. The van der Waals surface area contributed by atoms with Crippen molar-refractivity contribution < 1.29 is 38.1 Å². The van der Waals surface area contributed by atoms with Crippen LogP contribution in [0.15, 0.2) is 65.3 Å². The Labute approximate surface area is 233 Å². The lowest BCUT2D eigenvalue weighted by molar-refractivity contribution is -0.132. The van der Waals surface area contributed by atoms with Crippen molar-refractivity contribution in [3.63, 3.8) is 0 Å². The van der Waals surface area contributed by atoms with Gasteiger partial charge in [0.2, 0.25) is 5.90 Å². The second-order valence-corrected chi connectivity index (χ2v) is 8.79. The van der Waals surface area contributed by atoms with Crippen LogP contribution in [0.4, 0.5) is 0 Å². The van der Waals surface area contributed by atoms with Crippen LogP contribution >= 0.6 is 23.2 Å². The van der Waals surface area contributed by atoms with Crippen LogP contribution in [0.25, 0.3) is 6.08 Å². The number of carbonyl (C=O) groups is 3. The molecule has 0 unspecified atom stereocenters. The van der Waals surface area contributed by atoms with Gasteiger partial charge in [0.25, 0.3) is 0 Å². The van der Waals surface area contributed by atoms with Crippen LogP contribution in [0, 0.1) is 0 Å². The summed E-state index contributed by atoms with van der Waals surface area (Å²) in [4.78, 5) is 40.8. The summed E-state index contributed by atoms with van der Waals surface area (Å²) < 4.78 is 26.8. The van der Waals surface area contributed by atoms with Gasteiger partial charge in [0.05, 0.1) is 24.3 Å². The summed E-state index contributed by atoms with van der Waals surface area (Å²) in [5, 5.41) is 0.539. The molecule has 0 spiro atoms. The Bertz CT molecular complexity index is 1530. The van der Waals surface area contributed by atoms with E-state index in [1.807, 2.05) is 0 Å². The number of rotatable bonds is 8. The van der Waals surface area contributed by atoms with Gasteiger partial charge in [-0.25, -0.2) is 14.6 Å². The van der Waals surface area contributed by atoms with E-state index in [1.54, 1.807) is 25.1 Å². The highest BCUT2D eigenvalue weighted by Crippen LogP contribution is 2.33. The van der Waals surface area contributed by atoms with Crippen molar-refractivity contribution in [2.24, 2.45) is 4.99 Å². The van der Waals surface area contributed by atoms with Crippen molar-refractivity contribution in [1.29, 1.82) is 0 Å². The summed E-state index contributed by atoms with van der Waals surface area (Å²) in [6.07, 6.45) is 1.50. The fourth-order valence-corrected chi connectivity index (χ4v) is 3.99. The van der Waals surface area contributed by atoms with E-state index >= 15 is 0 Å². The van der Waals surface area contributed by atoms with E-state index in [0.717, 1.165) is 0 Å². The lowest BCUT2D eigenvalue weighted by Gasteiger charge is -2.12. The van der Waals surface area contributed by atoms with Crippen molar-refractivity contribution in [3.05, 3.63) is 87.0 Å². The first kappa shape index (κ1) is 27.7. The fourth-order valence-electron chi connectivity index (χ4n) is 3.51. The van der Waals surface area contributed by atoms with Crippen molar-refractivity contribution in [2.75, 3.05) is 13.7 Å². The van der Waals surface area contributed by atoms with Gasteiger partial charge in [-0.1, -0.05) is 29.3 Å². The Morgan fingerprint density at radius 3 is 2.38 bits per heavy atom. The maximum Gasteiger partial charge on any atom is 0.363 e. The number of cyclic esters (lactones) is 1. The van der Waals surface area contributed by atoms with Gasteiger partial charge in [-0.15, -0.1) is 0 Å². The van der Waals surface area contributed by atoms with Crippen LogP contribution in [0.1, 0.15) is 35.3 Å². The predicted molar refractivity (Wildman–Crippen MR) is 144 cm³/mol. The summed E-state index contributed by atoms with van der Waals surface area (Å²) >= 11 is 12.0. The monoisotopic (exact) mass is 569 g/mol. The molecule has 3 aromatic carbocycles. The molecule has 0 bridgehead atoms. The molecule has 9 nitrogen and oxygen atoms in total. The third-order valence-electron chi connectivity index (χ3n) is 5.21. The standard InChI is InChI=1S/C28H21Cl2NO8/c1-4-36-25-12-16(5-9-23(25)38-27(33)19-8-7-18(29)14-20(19)30)11-21-28(34)39-26(31-21)17-6-10-22(37-15(2)32)24(13-17)35-3/h5-14H,4H2,1-3H3/b21-11-. The summed E-state index contributed by atoms with van der Waals surface area (Å²) in [6.45, 7) is 3.34. The Hall–Kier alpha value is -4.34. The predicted octanol–water partition coefficient (Wildman–Crippen LogP) is 5.89. The molecule has 11 heteroatoms. The van der Waals surface area contributed by atoms with Crippen molar-refractivity contribution in [2.45, 2.75) is 13.8 Å². The van der Waals surface area contributed by atoms with Crippen LogP contribution < -0.4 is 18.9 Å². The summed E-state index contributed by atoms with van der Waals surface area (Å²) in [7, 11) is 1.42. The third kappa shape index (κ3) is 6.57. The molecule has 0 fully saturated rings. The molecule has 1 heterocycles. The number of ether oxygens (including phenoxy) is 5. The van der Waals surface area contributed by atoms with Crippen molar-refractivity contribution in [3.8, 4) is 23.0 Å². The molecule has 0 aromatic heterocycles. The van der Waals surface area contributed by atoms with Gasteiger partial charge in [0, 0.05) is 17.5 Å². The molecule has 1 aliphatic heterocycles. The molecule has 1 aliphatic rings. The van der Waals surface area contributed by atoms with Crippen molar-refractivity contribution in [1.82, 2.24) is 0 Å². The Kier molecular flexibility index (Phi) is 8.53. The van der Waals surface area contributed by atoms with Gasteiger partial charge in [0.15, 0.2) is 28.7 Å². The SMILES string of the molecule is CCOc1cc(/C=C2\N=C(c3ccc(OC(C)=O)c(OC)c3)OC2=O)ccc1OC(=O)c1ccc(Cl)cc1Cl. The number of hydrogen-bond donors (Lipinski definition) is 0. The number of benzene rings is 3. The Morgan fingerprint density at radius 1 is 0.949 bits per heavy atom. The molecular weight excluding hydrogens is 549 g/mol. The van der Waals surface area contributed by atoms with E-state index in [9.17, 15) is 14.4 Å². The number of carbonyl (C=O) groups excluding carboxylic acids is 3. The Morgan fingerprint density at radius 2 is 1.69 bits per heavy atom. The molecule has 200 valence electrons. The van der Waals surface area contributed by atoms with E-state index in [4.69, 9.17) is 46.9 Å². The zero-order valence-corrected chi connectivity index (χ0v) is 22.5. The Balaban J connectivity index is 1.59. The van der Waals surface area contributed by atoms with E-state index in [-0.39, 0.29) is 45.2 Å². The summed E-state index contributed by atoms with van der Waals surface area (Å²) in [5.74, 6) is -0.889. The van der Waals surface area contributed by atoms with Crippen LogP contribution in [0.2, 0.25) is 10.0 Å². The summed E-state index contributed by atoms with van der Waals surface area (Å²) in [5.41, 5.74) is 1.16. The maximum absolute atomic E-state index is 12.7. The first-order chi connectivity index (χ1) is 18.7. The van der Waals surface area contributed by atoms with E-state index in [1.165, 1.54) is 56.5 Å².